The Morgan fingerprint density at radius 2 is 2.38 bits per heavy atom. The first-order chi connectivity index (χ1) is 6.33. The summed E-state index contributed by atoms with van der Waals surface area (Å²) in [6.45, 7) is 3.31. The lowest BCUT2D eigenvalue weighted by molar-refractivity contribution is 0.340. The maximum Gasteiger partial charge on any atom is 0.138 e. The van der Waals surface area contributed by atoms with Crippen molar-refractivity contribution >= 4 is 17.8 Å². The monoisotopic (exact) mass is 195 g/mol. The Kier molecular flexibility index (Phi) is 2.23. The van der Waals surface area contributed by atoms with Crippen LogP contribution >= 0.6 is 11.6 Å². The van der Waals surface area contributed by atoms with Crippen LogP contribution in [0.15, 0.2) is 17.1 Å². The van der Waals surface area contributed by atoms with E-state index in [1.165, 1.54) is 5.56 Å². The zero-order chi connectivity index (χ0) is 9.26. The summed E-state index contributed by atoms with van der Waals surface area (Å²) in [5.41, 5.74) is 2.18. The van der Waals surface area contributed by atoms with Gasteiger partial charge >= 0.3 is 0 Å². The van der Waals surface area contributed by atoms with Crippen molar-refractivity contribution in [2.24, 2.45) is 4.99 Å². The van der Waals surface area contributed by atoms with Gasteiger partial charge in [-0.05, 0) is 18.6 Å². The lowest BCUT2D eigenvalue weighted by atomic mass is 10.1. The number of halogens is 1. The molecule has 0 saturated heterocycles. The largest absolute Gasteiger partial charge is 0.492 e. The number of hydrogen-bond acceptors (Lipinski definition) is 2. The van der Waals surface area contributed by atoms with E-state index in [9.17, 15) is 0 Å². The van der Waals surface area contributed by atoms with Gasteiger partial charge in [-0.15, -0.1) is 0 Å². The van der Waals surface area contributed by atoms with Crippen LogP contribution in [-0.2, 0) is 6.54 Å². The molecular formula is C10H10ClNO. The predicted molar refractivity (Wildman–Crippen MR) is 53.9 cm³/mol. The van der Waals surface area contributed by atoms with Crippen LogP contribution in [-0.4, -0.2) is 12.8 Å². The van der Waals surface area contributed by atoms with E-state index >= 15 is 0 Å². The predicted octanol–water partition coefficient (Wildman–Crippen LogP) is 2.67. The summed E-state index contributed by atoms with van der Waals surface area (Å²) in [6.07, 6.45) is 1.81. The van der Waals surface area contributed by atoms with Gasteiger partial charge in [0.15, 0.2) is 0 Å². The number of benzene rings is 1. The first kappa shape index (κ1) is 8.57. The third-order valence-corrected chi connectivity index (χ3v) is 2.41. The van der Waals surface area contributed by atoms with Gasteiger partial charge in [-0.2, -0.15) is 0 Å². The Hall–Kier alpha value is -1.02. The number of ether oxygens (including phenoxy) is 1. The summed E-state index contributed by atoms with van der Waals surface area (Å²) < 4.78 is 5.37. The van der Waals surface area contributed by atoms with Gasteiger partial charge in [-0.25, -0.2) is 0 Å². The van der Waals surface area contributed by atoms with E-state index in [-0.39, 0.29) is 0 Å². The van der Waals surface area contributed by atoms with Crippen molar-refractivity contribution in [1.82, 2.24) is 0 Å². The molecule has 2 rings (SSSR count). The van der Waals surface area contributed by atoms with E-state index in [1.807, 2.05) is 19.1 Å². The highest BCUT2D eigenvalue weighted by atomic mass is 35.5. The molecule has 2 nitrogen and oxygen atoms in total. The fourth-order valence-corrected chi connectivity index (χ4v) is 1.68. The smallest absolute Gasteiger partial charge is 0.138 e. The molecule has 3 heteroatoms. The molecule has 0 saturated carbocycles. The van der Waals surface area contributed by atoms with E-state index in [2.05, 4.69) is 4.99 Å². The Balaban J connectivity index is 2.45. The molecule has 0 aliphatic carbocycles. The van der Waals surface area contributed by atoms with Gasteiger partial charge in [-0.3, -0.25) is 4.99 Å². The quantitative estimate of drug-likeness (QED) is 0.711. The van der Waals surface area contributed by atoms with Crippen LogP contribution in [0.2, 0.25) is 5.02 Å². The molecule has 0 amide bonds. The molecule has 0 atom stereocenters. The van der Waals surface area contributed by atoms with E-state index in [0.29, 0.717) is 11.6 Å². The highest BCUT2D eigenvalue weighted by Crippen LogP contribution is 2.32. The molecule has 13 heavy (non-hydrogen) atoms. The van der Waals surface area contributed by atoms with Crippen molar-refractivity contribution in [3.8, 4) is 5.75 Å². The van der Waals surface area contributed by atoms with Gasteiger partial charge in [0, 0.05) is 11.8 Å². The highest BCUT2D eigenvalue weighted by Gasteiger charge is 2.13. The van der Waals surface area contributed by atoms with E-state index in [0.717, 1.165) is 17.9 Å². The molecule has 68 valence electrons. The summed E-state index contributed by atoms with van der Waals surface area (Å²) in [5, 5.41) is 0.681. The number of aliphatic imine (C=N–C) groups is 1. The van der Waals surface area contributed by atoms with E-state index in [4.69, 9.17) is 16.3 Å². The highest BCUT2D eigenvalue weighted by molar-refractivity contribution is 6.34. The van der Waals surface area contributed by atoms with E-state index < -0.39 is 0 Å². The Labute approximate surface area is 82.2 Å². The summed E-state index contributed by atoms with van der Waals surface area (Å²) >= 11 is 6.12. The normalized spacial score (nSPS) is 13.1. The van der Waals surface area contributed by atoms with Crippen molar-refractivity contribution in [3.05, 3.63) is 28.3 Å². The van der Waals surface area contributed by atoms with Crippen molar-refractivity contribution < 1.29 is 4.74 Å². The minimum Gasteiger partial charge on any atom is -0.492 e. The summed E-state index contributed by atoms with van der Waals surface area (Å²) in [4.78, 5) is 4.15. The first-order valence-corrected chi connectivity index (χ1v) is 4.64. The maximum atomic E-state index is 6.12. The van der Waals surface area contributed by atoms with Crippen molar-refractivity contribution in [2.45, 2.75) is 13.5 Å². The molecular weight excluding hydrogens is 186 g/mol. The third kappa shape index (κ3) is 1.42. The lowest BCUT2D eigenvalue weighted by Gasteiger charge is -2.07. The number of rotatable bonds is 2. The number of hydrogen-bond donors (Lipinski definition) is 0. The van der Waals surface area contributed by atoms with Gasteiger partial charge in [0.05, 0.1) is 18.2 Å². The molecule has 1 aliphatic rings. The maximum absolute atomic E-state index is 6.12. The van der Waals surface area contributed by atoms with Gasteiger partial charge in [0.2, 0.25) is 0 Å². The average molecular weight is 196 g/mol. The van der Waals surface area contributed by atoms with Crippen molar-refractivity contribution in [2.75, 3.05) is 6.61 Å². The Bertz CT molecular complexity index is 360. The topological polar surface area (TPSA) is 21.6 Å². The van der Waals surface area contributed by atoms with Gasteiger partial charge in [0.1, 0.15) is 5.75 Å². The SMILES string of the molecule is CCOc1ccc2c(c1Cl)C=NC2. The van der Waals surface area contributed by atoms with Crippen LogP contribution in [0, 0.1) is 0 Å². The fraction of sp³-hybridized carbons (Fsp3) is 0.300. The second kappa shape index (κ2) is 3.38. The zero-order valence-electron chi connectivity index (χ0n) is 7.38. The number of nitrogens with zero attached hydrogens (tertiary/aromatic N) is 1. The Morgan fingerprint density at radius 1 is 1.54 bits per heavy atom. The molecule has 1 heterocycles. The van der Waals surface area contributed by atoms with Crippen LogP contribution in [0.3, 0.4) is 0 Å². The molecule has 0 fully saturated rings. The summed E-state index contributed by atoms with van der Waals surface area (Å²) in [5.74, 6) is 0.747. The third-order valence-electron chi connectivity index (χ3n) is 2.02. The number of fused-ring (bicyclic) bond motifs is 1. The second-order valence-electron chi connectivity index (χ2n) is 2.85. The van der Waals surface area contributed by atoms with Gasteiger partial charge in [0.25, 0.3) is 0 Å². The molecule has 0 aromatic heterocycles. The second-order valence-corrected chi connectivity index (χ2v) is 3.23. The molecule has 1 aromatic rings. The van der Waals surface area contributed by atoms with Crippen LogP contribution < -0.4 is 4.74 Å². The molecule has 1 aromatic carbocycles. The zero-order valence-corrected chi connectivity index (χ0v) is 8.14. The molecule has 0 N–H and O–H groups in total. The fourth-order valence-electron chi connectivity index (χ4n) is 1.39. The van der Waals surface area contributed by atoms with Crippen LogP contribution in [0.5, 0.6) is 5.75 Å². The molecule has 0 unspecified atom stereocenters. The standard InChI is InChI=1S/C10H10ClNO/c1-2-13-9-4-3-7-5-12-6-8(7)10(9)11/h3-4,6H,2,5H2,1H3. The van der Waals surface area contributed by atoms with Crippen molar-refractivity contribution in [1.29, 1.82) is 0 Å². The molecule has 0 spiro atoms. The first-order valence-electron chi connectivity index (χ1n) is 4.27. The minimum atomic E-state index is 0.635. The molecule has 0 bridgehead atoms. The minimum absolute atomic E-state index is 0.635. The molecule has 0 radical (unpaired) electrons. The van der Waals surface area contributed by atoms with Crippen LogP contribution in [0.4, 0.5) is 0 Å². The van der Waals surface area contributed by atoms with Gasteiger partial charge in [-0.1, -0.05) is 17.7 Å². The Morgan fingerprint density at radius 3 is 3.15 bits per heavy atom. The van der Waals surface area contributed by atoms with E-state index in [1.54, 1.807) is 6.21 Å². The molecule has 1 aliphatic heterocycles. The van der Waals surface area contributed by atoms with Gasteiger partial charge < -0.3 is 4.74 Å². The lowest BCUT2D eigenvalue weighted by Crippen LogP contribution is -1.95. The average Bonchev–Trinajstić information content (AvgIpc) is 2.58. The van der Waals surface area contributed by atoms with Crippen LogP contribution in [0.25, 0.3) is 0 Å². The summed E-state index contributed by atoms with van der Waals surface area (Å²) in [6, 6.07) is 3.92. The van der Waals surface area contributed by atoms with Crippen LogP contribution in [0.1, 0.15) is 18.1 Å². The summed E-state index contributed by atoms with van der Waals surface area (Å²) in [7, 11) is 0. The van der Waals surface area contributed by atoms with Crippen molar-refractivity contribution in [3.63, 3.8) is 0 Å².